The number of rotatable bonds is 12. The number of carbonyl (C=O) groups excluding carboxylic acids is 2. The molecule has 26 heavy (non-hydrogen) atoms. The summed E-state index contributed by atoms with van der Waals surface area (Å²) in [7, 11) is 5.52. The first-order valence-corrected chi connectivity index (χ1v) is 8.81. The average Bonchev–Trinajstić information content (AvgIpc) is 2.62. The van der Waals surface area contributed by atoms with E-state index in [9.17, 15) is 9.59 Å². The molecule has 0 aromatic heterocycles. The molecule has 0 spiro atoms. The maximum atomic E-state index is 12.6. The number of para-hydroxylation sites is 2. The molecule has 7 nitrogen and oxygen atoms in total. The van der Waals surface area contributed by atoms with Crippen LogP contribution < -0.4 is 9.47 Å². The van der Waals surface area contributed by atoms with Crippen molar-refractivity contribution in [1.82, 2.24) is 9.80 Å². The lowest BCUT2D eigenvalue weighted by Crippen LogP contribution is -2.38. The molecule has 0 bridgehead atoms. The van der Waals surface area contributed by atoms with Crippen LogP contribution in [0.4, 0.5) is 0 Å². The Labute approximate surface area is 155 Å². The van der Waals surface area contributed by atoms with Crippen molar-refractivity contribution in [2.24, 2.45) is 0 Å². The quantitative estimate of drug-likeness (QED) is 0.526. The fraction of sp³-hybridized carbons (Fsp3) is 0.579. The molecule has 1 aromatic rings. The Hall–Kier alpha value is -2.28. The van der Waals surface area contributed by atoms with Crippen molar-refractivity contribution in [3.05, 3.63) is 24.3 Å². The van der Waals surface area contributed by atoms with E-state index in [-0.39, 0.29) is 24.9 Å². The first kappa shape index (κ1) is 21.8. The average molecular weight is 366 g/mol. The highest BCUT2D eigenvalue weighted by Crippen LogP contribution is 2.25. The predicted molar refractivity (Wildman–Crippen MR) is 99.5 cm³/mol. The molecule has 0 saturated heterocycles. The molecule has 0 saturated carbocycles. The summed E-state index contributed by atoms with van der Waals surface area (Å²) in [5.74, 6) is 0.621. The van der Waals surface area contributed by atoms with Gasteiger partial charge in [0.2, 0.25) is 0 Å². The van der Waals surface area contributed by atoms with Gasteiger partial charge in [0.15, 0.2) is 18.1 Å². The lowest BCUT2D eigenvalue weighted by atomic mass is 10.3. The molecule has 0 N–H and O–H groups in total. The first-order chi connectivity index (χ1) is 12.5. The molecule has 146 valence electrons. The largest absolute Gasteiger partial charge is 0.493 e. The summed E-state index contributed by atoms with van der Waals surface area (Å²) in [6, 6.07) is 7.18. The smallest absolute Gasteiger partial charge is 0.307 e. The standard InChI is InChI=1S/C19H30N2O5/c1-5-25-19(23)11-14-21(13-8-12-20(2)3)18(22)15-26-17-10-7-6-9-16(17)24-4/h6-7,9-10H,5,8,11-15H2,1-4H3. The van der Waals surface area contributed by atoms with Gasteiger partial charge in [0.25, 0.3) is 5.91 Å². The lowest BCUT2D eigenvalue weighted by molar-refractivity contribution is -0.144. The summed E-state index contributed by atoms with van der Waals surface area (Å²) in [5.41, 5.74) is 0. The van der Waals surface area contributed by atoms with E-state index in [1.807, 2.05) is 26.2 Å². The van der Waals surface area contributed by atoms with Crippen molar-refractivity contribution in [3.8, 4) is 11.5 Å². The summed E-state index contributed by atoms with van der Waals surface area (Å²) in [6.45, 7) is 3.73. The lowest BCUT2D eigenvalue weighted by Gasteiger charge is -2.23. The SMILES string of the molecule is CCOC(=O)CCN(CCCN(C)C)C(=O)COc1ccccc1OC. The van der Waals surface area contributed by atoms with Crippen molar-refractivity contribution in [2.45, 2.75) is 19.8 Å². The van der Waals surface area contributed by atoms with E-state index in [0.717, 1.165) is 13.0 Å². The van der Waals surface area contributed by atoms with Gasteiger partial charge in [-0.3, -0.25) is 9.59 Å². The molecule has 0 aliphatic rings. The minimum Gasteiger partial charge on any atom is -0.493 e. The van der Waals surface area contributed by atoms with Gasteiger partial charge in [-0.1, -0.05) is 12.1 Å². The van der Waals surface area contributed by atoms with Crippen LogP contribution in [0.25, 0.3) is 0 Å². The molecule has 0 unspecified atom stereocenters. The van der Waals surface area contributed by atoms with E-state index < -0.39 is 0 Å². The number of methoxy groups -OCH3 is 1. The normalized spacial score (nSPS) is 10.5. The fourth-order valence-corrected chi connectivity index (χ4v) is 2.37. The summed E-state index contributed by atoms with van der Waals surface area (Å²) in [4.78, 5) is 27.9. The van der Waals surface area contributed by atoms with Crippen LogP contribution in [0.3, 0.4) is 0 Å². The molecule has 1 aromatic carbocycles. The third kappa shape index (κ3) is 8.20. The van der Waals surface area contributed by atoms with E-state index >= 15 is 0 Å². The van der Waals surface area contributed by atoms with Crippen molar-refractivity contribution >= 4 is 11.9 Å². The second kappa shape index (κ2) is 12.1. The molecule has 0 radical (unpaired) electrons. The number of amides is 1. The Morgan fingerprint density at radius 1 is 1.04 bits per heavy atom. The third-order valence-electron chi connectivity index (χ3n) is 3.70. The summed E-state index contributed by atoms with van der Waals surface area (Å²) >= 11 is 0. The fourth-order valence-electron chi connectivity index (χ4n) is 2.37. The molecule has 0 heterocycles. The number of carbonyl (C=O) groups is 2. The Morgan fingerprint density at radius 3 is 2.35 bits per heavy atom. The minimum absolute atomic E-state index is 0.106. The molecular formula is C19H30N2O5. The Kier molecular flexibility index (Phi) is 10.2. The van der Waals surface area contributed by atoms with Gasteiger partial charge in [-0.2, -0.15) is 0 Å². The molecule has 7 heteroatoms. The summed E-state index contributed by atoms with van der Waals surface area (Å²) < 4.78 is 15.8. The second-order valence-corrected chi connectivity index (χ2v) is 6.03. The molecular weight excluding hydrogens is 336 g/mol. The summed E-state index contributed by atoms with van der Waals surface area (Å²) in [6.07, 6.45) is 0.992. The molecule has 0 atom stereocenters. The highest BCUT2D eigenvalue weighted by Gasteiger charge is 2.17. The topological polar surface area (TPSA) is 68.3 Å². The maximum absolute atomic E-state index is 12.6. The molecule has 0 fully saturated rings. The minimum atomic E-state index is -0.302. The van der Waals surface area contributed by atoms with Gasteiger partial charge in [0.1, 0.15) is 0 Å². The van der Waals surface area contributed by atoms with Crippen molar-refractivity contribution in [2.75, 3.05) is 54.1 Å². The molecule has 1 amide bonds. The third-order valence-corrected chi connectivity index (χ3v) is 3.70. The highest BCUT2D eigenvalue weighted by atomic mass is 16.5. The molecule has 1 rings (SSSR count). The number of nitrogens with zero attached hydrogens (tertiary/aromatic N) is 2. The van der Waals surface area contributed by atoms with Gasteiger partial charge in [0.05, 0.1) is 20.1 Å². The monoisotopic (exact) mass is 366 g/mol. The van der Waals surface area contributed by atoms with Crippen molar-refractivity contribution < 1.29 is 23.8 Å². The van der Waals surface area contributed by atoms with E-state index in [1.54, 1.807) is 31.1 Å². The van der Waals surface area contributed by atoms with E-state index in [0.29, 0.717) is 31.2 Å². The second-order valence-electron chi connectivity index (χ2n) is 6.03. The Morgan fingerprint density at radius 2 is 1.73 bits per heavy atom. The number of ether oxygens (including phenoxy) is 3. The van der Waals surface area contributed by atoms with Crippen molar-refractivity contribution in [3.63, 3.8) is 0 Å². The highest BCUT2D eigenvalue weighted by molar-refractivity contribution is 5.78. The van der Waals surface area contributed by atoms with Crippen LogP contribution in [-0.4, -0.2) is 75.7 Å². The zero-order valence-corrected chi connectivity index (χ0v) is 16.2. The molecule has 0 aliphatic heterocycles. The number of hydrogen-bond donors (Lipinski definition) is 0. The van der Waals surface area contributed by atoms with Gasteiger partial charge in [-0.25, -0.2) is 0 Å². The molecule has 0 aliphatic carbocycles. The predicted octanol–water partition coefficient (Wildman–Crippen LogP) is 1.81. The van der Waals surface area contributed by atoms with Gasteiger partial charge >= 0.3 is 5.97 Å². The van der Waals surface area contributed by atoms with Crippen molar-refractivity contribution in [1.29, 1.82) is 0 Å². The van der Waals surface area contributed by atoms with Crippen LogP contribution in [0.1, 0.15) is 19.8 Å². The zero-order valence-electron chi connectivity index (χ0n) is 16.2. The van der Waals surface area contributed by atoms with Crippen LogP contribution in [-0.2, 0) is 14.3 Å². The number of hydrogen-bond acceptors (Lipinski definition) is 6. The number of benzene rings is 1. The summed E-state index contributed by atoms with van der Waals surface area (Å²) in [5, 5.41) is 0. The van der Waals surface area contributed by atoms with Gasteiger partial charge in [-0.05, 0) is 46.1 Å². The van der Waals surface area contributed by atoms with Gasteiger partial charge < -0.3 is 24.0 Å². The van der Waals surface area contributed by atoms with Gasteiger partial charge in [-0.15, -0.1) is 0 Å². The van der Waals surface area contributed by atoms with Crippen LogP contribution in [0.2, 0.25) is 0 Å². The van der Waals surface area contributed by atoms with Crippen LogP contribution in [0, 0.1) is 0 Å². The van der Waals surface area contributed by atoms with Crippen LogP contribution in [0.15, 0.2) is 24.3 Å². The van der Waals surface area contributed by atoms with E-state index in [1.165, 1.54) is 0 Å². The van der Waals surface area contributed by atoms with Crippen LogP contribution in [0.5, 0.6) is 11.5 Å². The maximum Gasteiger partial charge on any atom is 0.307 e. The Bertz CT molecular complexity index is 563. The van der Waals surface area contributed by atoms with Crippen LogP contribution >= 0.6 is 0 Å². The van der Waals surface area contributed by atoms with E-state index in [2.05, 4.69) is 4.90 Å². The number of esters is 1. The van der Waals surface area contributed by atoms with E-state index in [4.69, 9.17) is 14.2 Å². The first-order valence-electron chi connectivity index (χ1n) is 8.81. The van der Waals surface area contributed by atoms with Gasteiger partial charge in [0, 0.05) is 13.1 Å². The Balaban J connectivity index is 2.61. The zero-order chi connectivity index (χ0) is 19.4.